The molecule has 0 spiro atoms. The van der Waals surface area contributed by atoms with E-state index in [1.165, 1.54) is 13.2 Å². The molecule has 2 bridgehead atoms. The van der Waals surface area contributed by atoms with Crippen molar-refractivity contribution in [2.75, 3.05) is 37.0 Å². The Labute approximate surface area is 175 Å². The van der Waals surface area contributed by atoms with Gasteiger partial charge >= 0.3 is 0 Å². The van der Waals surface area contributed by atoms with E-state index in [1.54, 1.807) is 30.5 Å². The van der Waals surface area contributed by atoms with Gasteiger partial charge in [0, 0.05) is 37.6 Å². The number of likely N-dealkylation sites (tertiary alicyclic amines) is 1. The highest BCUT2D eigenvalue weighted by molar-refractivity contribution is 6.06. The molecule has 2 aliphatic rings. The molecule has 3 heterocycles. The van der Waals surface area contributed by atoms with Gasteiger partial charge in [0.25, 0.3) is 0 Å². The van der Waals surface area contributed by atoms with E-state index >= 15 is 0 Å². The van der Waals surface area contributed by atoms with E-state index < -0.39 is 0 Å². The van der Waals surface area contributed by atoms with Crippen molar-refractivity contribution in [2.24, 2.45) is 0 Å². The maximum absolute atomic E-state index is 12.5. The average molecular weight is 405 g/mol. The Kier molecular flexibility index (Phi) is 5.44. The lowest BCUT2D eigenvalue weighted by Crippen LogP contribution is -2.45. The lowest BCUT2D eigenvalue weighted by molar-refractivity contribution is 0.104. The number of carbonyl (C=O) groups is 1. The van der Waals surface area contributed by atoms with E-state index in [-0.39, 0.29) is 34.9 Å². The van der Waals surface area contributed by atoms with Gasteiger partial charge in [0.2, 0.25) is 5.95 Å². The van der Waals surface area contributed by atoms with Gasteiger partial charge in [0.1, 0.15) is 5.82 Å². The van der Waals surface area contributed by atoms with Crippen molar-refractivity contribution in [2.45, 2.75) is 18.5 Å². The second-order valence-corrected chi connectivity index (χ2v) is 7.23. The normalized spacial score (nSPS) is 19.9. The minimum atomic E-state index is -0.262. The zero-order chi connectivity index (χ0) is 21.1. The molecule has 30 heavy (non-hydrogen) atoms. The number of methoxy groups -OCH3 is 1. The molecule has 2 atom stereocenters. The van der Waals surface area contributed by atoms with Gasteiger partial charge in [0.15, 0.2) is 17.3 Å². The largest absolute Gasteiger partial charge is 0.504 e. The third kappa shape index (κ3) is 3.74. The summed E-state index contributed by atoms with van der Waals surface area (Å²) in [5.41, 5.74) is 0.223. The van der Waals surface area contributed by atoms with Crippen LogP contribution < -0.4 is 15.0 Å². The van der Waals surface area contributed by atoms with Crippen LogP contribution in [0, 0.1) is 12.3 Å². The quantitative estimate of drug-likeness (QED) is 0.410. The number of hydrogen-bond acceptors (Lipinski definition) is 8. The van der Waals surface area contributed by atoms with Gasteiger partial charge in [-0.2, -0.15) is 4.98 Å². The highest BCUT2D eigenvalue weighted by atomic mass is 16.5. The van der Waals surface area contributed by atoms with Crippen molar-refractivity contribution in [3.63, 3.8) is 0 Å². The fourth-order valence-corrected chi connectivity index (χ4v) is 3.99. The zero-order valence-electron chi connectivity index (χ0n) is 16.7. The molecule has 0 unspecified atom stereocenters. The number of para-hydroxylation sites is 1. The molecule has 2 N–H and O–H groups in total. The molecule has 2 fully saturated rings. The van der Waals surface area contributed by atoms with Crippen LogP contribution in [0.15, 0.2) is 42.7 Å². The highest BCUT2D eigenvalue weighted by Crippen LogP contribution is 2.34. The van der Waals surface area contributed by atoms with Crippen LogP contribution in [0.4, 0.5) is 11.8 Å². The van der Waals surface area contributed by atoms with Gasteiger partial charge in [-0.1, -0.05) is 12.0 Å². The van der Waals surface area contributed by atoms with E-state index in [0.29, 0.717) is 18.3 Å². The van der Waals surface area contributed by atoms with Gasteiger partial charge in [-0.05, 0) is 24.6 Å². The molecule has 154 valence electrons. The third-order valence-corrected chi connectivity index (χ3v) is 5.46. The molecule has 2 aromatic rings. The van der Waals surface area contributed by atoms with Crippen LogP contribution in [0.2, 0.25) is 0 Å². The van der Waals surface area contributed by atoms with Crippen molar-refractivity contribution >= 4 is 17.5 Å². The maximum Gasteiger partial charge on any atom is 0.227 e. The minimum absolute atomic E-state index is 0.140. The van der Waals surface area contributed by atoms with Crippen molar-refractivity contribution < 1.29 is 14.6 Å². The van der Waals surface area contributed by atoms with Crippen LogP contribution in [0.5, 0.6) is 11.5 Å². The van der Waals surface area contributed by atoms with Gasteiger partial charge in [0.05, 0.1) is 25.3 Å². The summed E-state index contributed by atoms with van der Waals surface area (Å²) in [5, 5.41) is 13.2. The molecule has 0 radical (unpaired) electrons. The number of fused-ring (bicyclic) bond motifs is 2. The highest BCUT2D eigenvalue weighted by Gasteiger charge is 2.43. The first-order chi connectivity index (χ1) is 14.6. The maximum atomic E-state index is 12.5. The molecule has 0 amide bonds. The molecule has 0 aliphatic carbocycles. The summed E-state index contributed by atoms with van der Waals surface area (Å²) in [5.74, 6) is 3.81. The van der Waals surface area contributed by atoms with Crippen LogP contribution in [0.1, 0.15) is 16.8 Å². The summed E-state index contributed by atoms with van der Waals surface area (Å²) < 4.78 is 5.07. The molecule has 1 aromatic carbocycles. The number of nitrogens with one attached hydrogen (secondary N) is 1. The third-order valence-electron chi connectivity index (χ3n) is 5.46. The van der Waals surface area contributed by atoms with Crippen molar-refractivity contribution in [1.82, 2.24) is 14.9 Å². The number of piperazine rings is 1. The number of phenolic OH excluding ortho intramolecular Hbond substituents is 1. The molecule has 8 nitrogen and oxygen atoms in total. The number of benzene rings is 1. The standard InChI is InChI=1S/C22H23N5O3/c1-3-9-23-20-7-10-24-22(25-20)27-14-15-12-16(27)13-26(15)11-8-18(28)17-5-4-6-19(30-2)21(17)29/h1,4-8,10-11,15-16,29H,9,12-14H2,2H3,(H,23,24,25)/b11-8+/t15-,16-/m1/s1. The van der Waals surface area contributed by atoms with Gasteiger partial charge < -0.3 is 25.0 Å². The number of carbonyl (C=O) groups excluding carboxylic acids is 1. The number of rotatable bonds is 7. The monoisotopic (exact) mass is 405 g/mol. The Morgan fingerprint density at radius 1 is 1.40 bits per heavy atom. The smallest absolute Gasteiger partial charge is 0.227 e. The molecule has 1 aromatic heterocycles. The molecule has 2 aliphatic heterocycles. The van der Waals surface area contributed by atoms with Crippen LogP contribution >= 0.6 is 0 Å². The lowest BCUT2D eigenvalue weighted by Gasteiger charge is -2.33. The second-order valence-electron chi connectivity index (χ2n) is 7.23. The van der Waals surface area contributed by atoms with Crippen LogP contribution in [0.25, 0.3) is 0 Å². The predicted molar refractivity (Wildman–Crippen MR) is 114 cm³/mol. The molecular weight excluding hydrogens is 382 g/mol. The Morgan fingerprint density at radius 2 is 2.27 bits per heavy atom. The zero-order valence-corrected chi connectivity index (χ0v) is 16.7. The molecule has 0 saturated carbocycles. The topological polar surface area (TPSA) is 90.8 Å². The lowest BCUT2D eigenvalue weighted by atomic mass is 10.1. The molecule has 8 heteroatoms. The van der Waals surface area contributed by atoms with Crippen molar-refractivity contribution in [1.29, 1.82) is 0 Å². The van der Waals surface area contributed by atoms with Crippen LogP contribution in [-0.2, 0) is 0 Å². The predicted octanol–water partition coefficient (Wildman–Crippen LogP) is 1.90. The number of allylic oxidation sites excluding steroid dienone is 1. The summed E-state index contributed by atoms with van der Waals surface area (Å²) in [6.45, 7) is 1.98. The summed E-state index contributed by atoms with van der Waals surface area (Å²) in [4.78, 5) is 25.8. The fraction of sp³-hybridized carbons (Fsp3) is 0.318. The first-order valence-corrected chi connectivity index (χ1v) is 9.72. The fourth-order valence-electron chi connectivity index (χ4n) is 3.99. The summed E-state index contributed by atoms with van der Waals surface area (Å²) in [7, 11) is 1.45. The molecule has 4 rings (SSSR count). The number of hydrogen-bond donors (Lipinski definition) is 2. The Morgan fingerprint density at radius 3 is 3.00 bits per heavy atom. The molecular formula is C22H23N5O3. The molecule has 2 saturated heterocycles. The number of nitrogens with zero attached hydrogens (tertiary/aromatic N) is 4. The van der Waals surface area contributed by atoms with Crippen molar-refractivity contribution in [3.8, 4) is 23.8 Å². The van der Waals surface area contributed by atoms with Crippen LogP contribution in [0.3, 0.4) is 0 Å². The number of terminal acetylenes is 1. The summed E-state index contributed by atoms with van der Waals surface area (Å²) >= 11 is 0. The number of ether oxygens (including phenoxy) is 1. The van der Waals surface area contributed by atoms with E-state index in [0.717, 1.165) is 19.5 Å². The van der Waals surface area contributed by atoms with Crippen LogP contribution in [-0.4, -0.2) is 64.6 Å². The van der Waals surface area contributed by atoms with Crippen molar-refractivity contribution in [3.05, 3.63) is 48.3 Å². The van der Waals surface area contributed by atoms with E-state index in [9.17, 15) is 9.90 Å². The van der Waals surface area contributed by atoms with E-state index in [2.05, 4.69) is 31.0 Å². The van der Waals surface area contributed by atoms with E-state index in [4.69, 9.17) is 11.2 Å². The number of phenols is 1. The van der Waals surface area contributed by atoms with Gasteiger partial charge in [-0.25, -0.2) is 4.98 Å². The SMILES string of the molecule is C#CCNc1ccnc(N2C[C@H]3C[C@@H]2CN3/C=C/C(=O)c2cccc(OC)c2O)n1. The number of anilines is 2. The Balaban J connectivity index is 1.40. The summed E-state index contributed by atoms with van der Waals surface area (Å²) in [6.07, 6.45) is 11.3. The minimum Gasteiger partial charge on any atom is -0.504 e. The average Bonchev–Trinajstić information content (AvgIpc) is 3.37. The second kappa shape index (κ2) is 8.33. The first-order valence-electron chi connectivity index (χ1n) is 9.72. The van der Waals surface area contributed by atoms with Gasteiger partial charge in [-0.15, -0.1) is 6.42 Å². The number of aromatic nitrogens is 2. The Bertz CT molecular complexity index is 1020. The summed E-state index contributed by atoms with van der Waals surface area (Å²) in [6, 6.07) is 7.24. The van der Waals surface area contributed by atoms with Gasteiger partial charge in [-0.3, -0.25) is 4.79 Å². The number of aromatic hydroxyl groups is 1. The van der Waals surface area contributed by atoms with E-state index in [1.807, 2.05) is 6.20 Å². The first kappa shape index (κ1) is 19.6. The Hall–Kier alpha value is -3.73. The number of ketones is 1.